The van der Waals surface area contributed by atoms with Crippen LogP contribution in [0.4, 0.5) is 0 Å². The normalized spacial score (nSPS) is 12.9. The van der Waals surface area contributed by atoms with Crippen LogP contribution in [0.1, 0.15) is 48.4 Å². The number of hydrogen-bond donors (Lipinski definition) is 1. The van der Waals surface area contributed by atoms with Crippen molar-refractivity contribution in [2.75, 3.05) is 7.05 Å². The number of pyridine rings is 1. The number of nitrogens with one attached hydrogen (secondary N) is 1. The third-order valence-electron chi connectivity index (χ3n) is 3.37. The number of hydrogen-bond acceptors (Lipinski definition) is 3. The fourth-order valence-corrected chi connectivity index (χ4v) is 2.70. The van der Waals surface area contributed by atoms with E-state index in [0.717, 1.165) is 22.5 Å². The van der Waals surface area contributed by atoms with Crippen molar-refractivity contribution in [1.29, 1.82) is 0 Å². The molecule has 0 aliphatic heterocycles. The minimum absolute atomic E-state index is 0.0620. The van der Waals surface area contributed by atoms with E-state index in [1.165, 1.54) is 0 Å². The Morgan fingerprint density at radius 1 is 1.25 bits per heavy atom. The Morgan fingerprint density at radius 3 is 2.50 bits per heavy atom. The minimum Gasteiger partial charge on any atom is -0.307 e. The lowest BCUT2D eigenvalue weighted by molar-refractivity contribution is 0.480. The standard InChI is InChI=1S/C15H21ClN4/c1-9(2)20-15(12(16)8-19-20)14(17-5)13-11(4)6-10(3)7-18-13/h6-9,14,17H,1-5H3. The van der Waals surface area contributed by atoms with Gasteiger partial charge in [0.05, 0.1) is 28.6 Å². The first-order valence-corrected chi connectivity index (χ1v) is 7.16. The van der Waals surface area contributed by atoms with E-state index in [0.29, 0.717) is 5.02 Å². The van der Waals surface area contributed by atoms with Crippen LogP contribution in [0.15, 0.2) is 18.5 Å². The summed E-state index contributed by atoms with van der Waals surface area (Å²) in [7, 11) is 1.92. The lowest BCUT2D eigenvalue weighted by Gasteiger charge is -2.21. The van der Waals surface area contributed by atoms with Crippen LogP contribution in [-0.2, 0) is 0 Å². The summed E-state index contributed by atoms with van der Waals surface area (Å²) in [6.07, 6.45) is 3.58. The predicted octanol–water partition coefficient (Wildman–Crippen LogP) is 3.44. The molecule has 2 aromatic rings. The molecule has 0 saturated carbocycles. The van der Waals surface area contributed by atoms with Gasteiger partial charge in [-0.1, -0.05) is 17.7 Å². The summed E-state index contributed by atoms with van der Waals surface area (Å²) in [6.45, 7) is 8.30. The minimum atomic E-state index is -0.0620. The second-order valence-electron chi connectivity index (χ2n) is 5.35. The van der Waals surface area contributed by atoms with Crippen LogP contribution in [-0.4, -0.2) is 21.8 Å². The van der Waals surface area contributed by atoms with Crippen LogP contribution in [0.3, 0.4) is 0 Å². The summed E-state index contributed by atoms with van der Waals surface area (Å²) in [6, 6.07) is 2.32. The van der Waals surface area contributed by atoms with Crippen molar-refractivity contribution >= 4 is 11.6 Å². The van der Waals surface area contributed by atoms with Gasteiger partial charge in [-0.25, -0.2) is 0 Å². The van der Waals surface area contributed by atoms with Gasteiger partial charge in [-0.15, -0.1) is 0 Å². The van der Waals surface area contributed by atoms with Crippen LogP contribution in [0.25, 0.3) is 0 Å². The van der Waals surface area contributed by atoms with Gasteiger partial charge in [0.1, 0.15) is 0 Å². The molecule has 0 radical (unpaired) electrons. The Kier molecular flexibility index (Phi) is 4.45. The van der Waals surface area contributed by atoms with Crippen molar-refractivity contribution in [3.63, 3.8) is 0 Å². The number of rotatable bonds is 4. The van der Waals surface area contributed by atoms with E-state index >= 15 is 0 Å². The third-order valence-corrected chi connectivity index (χ3v) is 3.66. The van der Waals surface area contributed by atoms with Crippen molar-refractivity contribution in [3.05, 3.63) is 46.0 Å². The smallest absolute Gasteiger partial charge is 0.0937 e. The molecule has 0 aromatic carbocycles. The van der Waals surface area contributed by atoms with Crippen molar-refractivity contribution in [2.45, 2.75) is 39.8 Å². The third kappa shape index (κ3) is 2.72. The molecule has 0 bridgehead atoms. The molecule has 0 fully saturated rings. The summed E-state index contributed by atoms with van der Waals surface area (Å²) in [5, 5.41) is 8.35. The fraction of sp³-hybridized carbons (Fsp3) is 0.467. The highest BCUT2D eigenvalue weighted by molar-refractivity contribution is 6.31. The highest BCUT2D eigenvalue weighted by Crippen LogP contribution is 2.30. The molecule has 5 heteroatoms. The number of aromatic nitrogens is 3. The Hall–Kier alpha value is -1.39. The van der Waals surface area contributed by atoms with Crippen molar-refractivity contribution in [2.24, 2.45) is 0 Å². The predicted molar refractivity (Wildman–Crippen MR) is 82.2 cm³/mol. The highest BCUT2D eigenvalue weighted by atomic mass is 35.5. The number of aryl methyl sites for hydroxylation is 2. The molecule has 0 aliphatic carbocycles. The maximum Gasteiger partial charge on any atom is 0.0937 e. The Labute approximate surface area is 125 Å². The fourth-order valence-electron chi connectivity index (χ4n) is 2.46. The van der Waals surface area contributed by atoms with Gasteiger partial charge in [-0.2, -0.15) is 5.10 Å². The highest BCUT2D eigenvalue weighted by Gasteiger charge is 2.24. The summed E-state index contributed by atoms with van der Waals surface area (Å²) >= 11 is 6.34. The van der Waals surface area contributed by atoms with Crippen LogP contribution in [0, 0.1) is 13.8 Å². The van der Waals surface area contributed by atoms with E-state index in [4.69, 9.17) is 11.6 Å². The Bertz CT molecular complexity index is 604. The Morgan fingerprint density at radius 2 is 1.95 bits per heavy atom. The molecule has 1 atom stereocenters. The molecule has 1 N–H and O–H groups in total. The van der Waals surface area contributed by atoms with E-state index in [1.54, 1.807) is 6.20 Å². The van der Waals surface area contributed by atoms with E-state index in [9.17, 15) is 0 Å². The zero-order valence-electron chi connectivity index (χ0n) is 12.6. The van der Waals surface area contributed by atoms with E-state index in [2.05, 4.69) is 42.2 Å². The maximum atomic E-state index is 6.34. The molecule has 4 nitrogen and oxygen atoms in total. The quantitative estimate of drug-likeness (QED) is 0.939. The molecule has 0 aliphatic rings. The zero-order chi connectivity index (χ0) is 14.9. The van der Waals surface area contributed by atoms with Crippen LogP contribution < -0.4 is 5.32 Å². The summed E-state index contributed by atoms with van der Waals surface area (Å²) in [4.78, 5) is 4.58. The Balaban J connectivity index is 2.55. The maximum absolute atomic E-state index is 6.34. The summed E-state index contributed by atoms with van der Waals surface area (Å²) in [5.41, 5.74) is 4.26. The molecular formula is C15H21ClN4. The summed E-state index contributed by atoms with van der Waals surface area (Å²) < 4.78 is 1.95. The largest absolute Gasteiger partial charge is 0.307 e. The van der Waals surface area contributed by atoms with Gasteiger partial charge in [-0.05, 0) is 45.9 Å². The van der Waals surface area contributed by atoms with Gasteiger partial charge in [0.2, 0.25) is 0 Å². The second kappa shape index (κ2) is 5.94. The lowest BCUT2D eigenvalue weighted by Crippen LogP contribution is -2.24. The molecule has 0 spiro atoms. The van der Waals surface area contributed by atoms with Crippen LogP contribution in [0.5, 0.6) is 0 Å². The first-order valence-electron chi connectivity index (χ1n) is 6.79. The van der Waals surface area contributed by atoms with Gasteiger partial charge in [0.25, 0.3) is 0 Å². The first-order chi connectivity index (χ1) is 9.45. The van der Waals surface area contributed by atoms with E-state index in [-0.39, 0.29) is 12.1 Å². The molecule has 0 saturated heterocycles. The second-order valence-corrected chi connectivity index (χ2v) is 5.76. The molecule has 2 rings (SSSR count). The monoisotopic (exact) mass is 292 g/mol. The molecule has 108 valence electrons. The van der Waals surface area contributed by atoms with E-state index in [1.807, 2.05) is 24.9 Å². The molecule has 1 unspecified atom stereocenters. The van der Waals surface area contributed by atoms with E-state index < -0.39 is 0 Å². The molecule has 0 amide bonds. The van der Waals surface area contributed by atoms with Crippen molar-refractivity contribution in [1.82, 2.24) is 20.1 Å². The average Bonchev–Trinajstić information content (AvgIpc) is 2.75. The van der Waals surface area contributed by atoms with Crippen LogP contribution >= 0.6 is 11.6 Å². The molecule has 2 heterocycles. The van der Waals surface area contributed by atoms with Gasteiger partial charge in [-0.3, -0.25) is 9.67 Å². The zero-order valence-corrected chi connectivity index (χ0v) is 13.4. The van der Waals surface area contributed by atoms with Crippen molar-refractivity contribution in [3.8, 4) is 0 Å². The van der Waals surface area contributed by atoms with Gasteiger partial charge < -0.3 is 5.32 Å². The SMILES string of the molecule is CNC(c1ncc(C)cc1C)c1c(Cl)cnn1C(C)C. The van der Waals surface area contributed by atoms with Gasteiger partial charge >= 0.3 is 0 Å². The van der Waals surface area contributed by atoms with Crippen molar-refractivity contribution < 1.29 is 0 Å². The van der Waals surface area contributed by atoms with Gasteiger partial charge in [0, 0.05) is 12.2 Å². The number of nitrogens with zero attached hydrogens (tertiary/aromatic N) is 3. The lowest BCUT2D eigenvalue weighted by atomic mass is 10.0. The number of halogens is 1. The van der Waals surface area contributed by atoms with Gasteiger partial charge in [0.15, 0.2) is 0 Å². The van der Waals surface area contributed by atoms with Crippen LogP contribution in [0.2, 0.25) is 5.02 Å². The first kappa shape index (κ1) is 15.0. The molecule has 20 heavy (non-hydrogen) atoms. The average molecular weight is 293 g/mol. The molecular weight excluding hydrogens is 272 g/mol. The molecule has 2 aromatic heterocycles. The topological polar surface area (TPSA) is 42.7 Å². The summed E-state index contributed by atoms with van der Waals surface area (Å²) in [5.74, 6) is 0.